The first-order valence-electron chi connectivity index (χ1n) is 6.81. The zero-order valence-corrected chi connectivity index (χ0v) is 12.8. The molecule has 0 amide bonds. The molecule has 1 fully saturated rings. The maximum absolute atomic E-state index is 11.2. The van der Waals surface area contributed by atoms with Gasteiger partial charge in [-0.1, -0.05) is 5.16 Å². The second-order valence-electron chi connectivity index (χ2n) is 4.93. The van der Waals surface area contributed by atoms with Crippen molar-refractivity contribution in [3.05, 3.63) is 11.1 Å². The van der Waals surface area contributed by atoms with Gasteiger partial charge in [-0.25, -0.2) is 9.78 Å². The summed E-state index contributed by atoms with van der Waals surface area (Å²) in [5.41, 5.74) is 5.40. The number of carboxylic acid groups (broad SMARTS) is 1. The van der Waals surface area contributed by atoms with E-state index in [9.17, 15) is 9.59 Å². The highest BCUT2D eigenvalue weighted by Gasteiger charge is 2.25. The van der Waals surface area contributed by atoms with Crippen molar-refractivity contribution in [3.8, 4) is 0 Å². The Bertz CT molecular complexity index is 578. The summed E-state index contributed by atoms with van der Waals surface area (Å²) in [5.74, 6) is -1.52. The van der Waals surface area contributed by atoms with Crippen molar-refractivity contribution in [2.75, 3.05) is 5.73 Å². The number of oxime groups is 1. The van der Waals surface area contributed by atoms with E-state index in [2.05, 4.69) is 10.1 Å². The second kappa shape index (κ2) is 7.21. The molecule has 0 spiro atoms. The molecule has 0 bridgehead atoms. The van der Waals surface area contributed by atoms with Crippen molar-refractivity contribution in [1.29, 1.82) is 0 Å². The van der Waals surface area contributed by atoms with E-state index in [1.54, 1.807) is 0 Å². The number of hydrogen-bond donors (Lipinski definition) is 2. The minimum Gasteiger partial charge on any atom is -0.476 e. The van der Waals surface area contributed by atoms with E-state index in [4.69, 9.17) is 20.4 Å². The van der Waals surface area contributed by atoms with E-state index in [0.717, 1.165) is 11.3 Å². The molecule has 3 N–H and O–H groups in total. The van der Waals surface area contributed by atoms with Gasteiger partial charge < -0.3 is 20.4 Å². The van der Waals surface area contributed by atoms with Gasteiger partial charge in [-0.2, -0.15) is 0 Å². The quantitative estimate of drug-likeness (QED) is 0.476. The molecule has 1 aromatic heterocycles. The Labute approximate surface area is 130 Å². The van der Waals surface area contributed by atoms with Crippen LogP contribution in [0.5, 0.6) is 0 Å². The van der Waals surface area contributed by atoms with E-state index in [0.29, 0.717) is 25.7 Å². The van der Waals surface area contributed by atoms with Gasteiger partial charge in [0.25, 0.3) is 0 Å². The number of carboxylic acids is 1. The monoisotopic (exact) mass is 327 g/mol. The average molecular weight is 327 g/mol. The lowest BCUT2D eigenvalue weighted by Crippen LogP contribution is -2.27. The average Bonchev–Trinajstić information content (AvgIpc) is 2.86. The second-order valence-corrected chi connectivity index (χ2v) is 5.82. The predicted octanol–water partition coefficient (Wildman–Crippen LogP) is 1.40. The molecule has 0 aliphatic heterocycles. The molecule has 1 saturated carbocycles. The predicted molar refractivity (Wildman–Crippen MR) is 79.6 cm³/mol. The molecule has 0 unspecified atom stereocenters. The molecular formula is C13H17N3O5S. The number of aliphatic carboxylic acids is 1. The summed E-state index contributed by atoms with van der Waals surface area (Å²) in [6, 6.07) is 0. The fourth-order valence-corrected chi connectivity index (χ4v) is 2.76. The molecule has 2 rings (SSSR count). The normalized spacial score (nSPS) is 22.1. The SMILES string of the molecule is CC(=O)O[C@H]1CC[C@H](O/N=C(\C(=O)O)c2csc(N)n2)CC1. The standard InChI is InChI=1S/C13H17N3O5S/c1-7(17)20-8-2-4-9(5-3-8)21-16-11(12(18)19)10-6-22-13(14)15-10/h6,8-9H,2-5H2,1H3,(H2,14,15)(H,18,19)/b16-11-/t8-,9-. The highest BCUT2D eigenvalue weighted by atomic mass is 32.1. The fourth-order valence-electron chi connectivity index (χ4n) is 2.21. The summed E-state index contributed by atoms with van der Waals surface area (Å²) in [6.07, 6.45) is 2.34. The Morgan fingerprint density at radius 2 is 2.00 bits per heavy atom. The Hall–Kier alpha value is -2.16. The third-order valence-corrected chi connectivity index (χ3v) is 3.89. The van der Waals surface area contributed by atoms with E-state index < -0.39 is 5.97 Å². The fraction of sp³-hybridized carbons (Fsp3) is 0.538. The van der Waals surface area contributed by atoms with Gasteiger partial charge >= 0.3 is 11.9 Å². The van der Waals surface area contributed by atoms with Crippen molar-refractivity contribution < 1.29 is 24.3 Å². The first-order valence-corrected chi connectivity index (χ1v) is 7.69. The van der Waals surface area contributed by atoms with E-state index in [1.807, 2.05) is 0 Å². The summed E-state index contributed by atoms with van der Waals surface area (Å²) in [7, 11) is 0. The number of nitrogen functional groups attached to an aromatic ring is 1. The molecule has 1 aliphatic carbocycles. The van der Waals surface area contributed by atoms with Crippen molar-refractivity contribution in [3.63, 3.8) is 0 Å². The zero-order chi connectivity index (χ0) is 16.1. The number of aromatic nitrogens is 1. The van der Waals surface area contributed by atoms with Gasteiger partial charge in [-0.15, -0.1) is 11.3 Å². The Morgan fingerprint density at radius 3 is 2.50 bits per heavy atom. The maximum Gasteiger partial charge on any atom is 0.360 e. The molecule has 9 heteroatoms. The molecule has 1 heterocycles. The van der Waals surface area contributed by atoms with Crippen LogP contribution in [0.1, 0.15) is 38.3 Å². The maximum atomic E-state index is 11.2. The van der Waals surface area contributed by atoms with Crippen molar-refractivity contribution in [2.24, 2.45) is 5.16 Å². The molecule has 0 radical (unpaired) electrons. The van der Waals surface area contributed by atoms with Crippen LogP contribution in [-0.2, 0) is 19.2 Å². The number of hydrogen-bond acceptors (Lipinski definition) is 8. The van der Waals surface area contributed by atoms with E-state index in [1.165, 1.54) is 12.3 Å². The topological polar surface area (TPSA) is 124 Å². The van der Waals surface area contributed by atoms with Gasteiger partial charge in [0.2, 0.25) is 5.71 Å². The van der Waals surface area contributed by atoms with Crippen LogP contribution < -0.4 is 5.73 Å². The highest BCUT2D eigenvalue weighted by molar-refractivity contribution is 7.13. The molecule has 1 aromatic rings. The number of thiazole rings is 1. The van der Waals surface area contributed by atoms with Gasteiger partial charge in [0.05, 0.1) is 0 Å². The molecule has 1 aliphatic rings. The zero-order valence-electron chi connectivity index (χ0n) is 12.0. The molecule has 0 atom stereocenters. The molecule has 8 nitrogen and oxygen atoms in total. The number of carbonyl (C=O) groups excluding carboxylic acids is 1. The van der Waals surface area contributed by atoms with Crippen LogP contribution in [0.2, 0.25) is 0 Å². The van der Waals surface area contributed by atoms with Gasteiger partial charge in [-0.05, 0) is 25.7 Å². The highest BCUT2D eigenvalue weighted by Crippen LogP contribution is 2.24. The Balaban J connectivity index is 1.92. The number of nitrogens with two attached hydrogens (primary N) is 1. The smallest absolute Gasteiger partial charge is 0.360 e. The number of ether oxygens (including phenoxy) is 1. The third kappa shape index (κ3) is 4.42. The van der Waals surface area contributed by atoms with Crippen LogP contribution in [-0.4, -0.2) is 39.9 Å². The van der Waals surface area contributed by atoms with Crippen molar-refractivity contribution in [2.45, 2.75) is 44.8 Å². The lowest BCUT2D eigenvalue weighted by Gasteiger charge is -2.26. The van der Waals surface area contributed by atoms with Crippen molar-refractivity contribution in [1.82, 2.24) is 4.98 Å². The van der Waals surface area contributed by atoms with E-state index in [-0.39, 0.29) is 34.7 Å². The van der Waals surface area contributed by atoms with E-state index >= 15 is 0 Å². The summed E-state index contributed by atoms with van der Waals surface area (Å²) in [4.78, 5) is 31.3. The summed E-state index contributed by atoms with van der Waals surface area (Å²) < 4.78 is 5.13. The minimum atomic E-state index is -1.22. The molecule has 22 heavy (non-hydrogen) atoms. The number of esters is 1. The summed E-state index contributed by atoms with van der Waals surface area (Å²) in [5, 5.41) is 14.7. The number of rotatable bonds is 5. The van der Waals surface area contributed by atoms with Crippen molar-refractivity contribution >= 4 is 34.1 Å². The van der Waals surface area contributed by atoms with Gasteiger partial charge in [0, 0.05) is 12.3 Å². The number of carbonyl (C=O) groups is 2. The summed E-state index contributed by atoms with van der Waals surface area (Å²) in [6.45, 7) is 1.38. The summed E-state index contributed by atoms with van der Waals surface area (Å²) >= 11 is 1.14. The number of nitrogens with zero attached hydrogens (tertiary/aromatic N) is 2. The lowest BCUT2D eigenvalue weighted by molar-refractivity contribution is -0.149. The van der Waals surface area contributed by atoms with Crippen LogP contribution in [0.25, 0.3) is 0 Å². The Kier molecular flexibility index (Phi) is 5.31. The number of anilines is 1. The van der Waals surface area contributed by atoms with Gasteiger partial charge in [0.15, 0.2) is 5.13 Å². The van der Waals surface area contributed by atoms with Crippen LogP contribution in [0, 0.1) is 0 Å². The van der Waals surface area contributed by atoms with Crippen LogP contribution in [0.4, 0.5) is 5.13 Å². The lowest BCUT2D eigenvalue weighted by atomic mass is 9.95. The van der Waals surface area contributed by atoms with Crippen LogP contribution in [0.3, 0.4) is 0 Å². The molecule has 120 valence electrons. The van der Waals surface area contributed by atoms with Crippen LogP contribution >= 0.6 is 11.3 Å². The minimum absolute atomic E-state index is 0.0985. The third-order valence-electron chi connectivity index (χ3n) is 3.21. The van der Waals surface area contributed by atoms with Gasteiger partial charge in [-0.3, -0.25) is 4.79 Å². The first kappa shape index (κ1) is 16.2. The van der Waals surface area contributed by atoms with Crippen LogP contribution in [0.15, 0.2) is 10.5 Å². The first-order chi connectivity index (χ1) is 10.5. The van der Waals surface area contributed by atoms with Gasteiger partial charge in [0.1, 0.15) is 17.9 Å². The largest absolute Gasteiger partial charge is 0.476 e. The Morgan fingerprint density at radius 1 is 1.36 bits per heavy atom. The molecule has 0 aromatic carbocycles. The molecular weight excluding hydrogens is 310 g/mol. The molecule has 0 saturated heterocycles.